The zero-order chi connectivity index (χ0) is 30.2. The molecule has 0 bridgehead atoms. The maximum absolute atomic E-state index is 12.9. The van der Waals surface area contributed by atoms with Gasteiger partial charge in [-0.25, -0.2) is 0 Å². The van der Waals surface area contributed by atoms with E-state index in [4.69, 9.17) is 41.9 Å². The van der Waals surface area contributed by atoms with Crippen LogP contribution >= 0.6 is 0 Å². The summed E-state index contributed by atoms with van der Waals surface area (Å²) in [5.41, 5.74) is 22.6. The number of hydrogen-bond acceptors (Lipinski definition) is 16. The lowest BCUT2D eigenvalue weighted by Gasteiger charge is -2.48. The van der Waals surface area contributed by atoms with Crippen molar-refractivity contribution < 1.29 is 54.4 Å². The van der Waals surface area contributed by atoms with Crippen LogP contribution < -0.4 is 28.3 Å². The van der Waals surface area contributed by atoms with E-state index in [1.807, 2.05) is 6.92 Å². The van der Waals surface area contributed by atoms with Crippen LogP contribution in [0.25, 0.3) is 0 Å². The van der Waals surface area contributed by atoms with Crippen LogP contribution in [0.1, 0.15) is 32.6 Å². The summed E-state index contributed by atoms with van der Waals surface area (Å²) in [7, 11) is 0. The Labute approximate surface area is 238 Å². The first kappa shape index (κ1) is 33.0. The van der Waals surface area contributed by atoms with Gasteiger partial charge in [-0.15, -0.1) is 0 Å². The minimum Gasteiger partial charge on any atom is -0.394 e. The van der Waals surface area contributed by atoms with Crippen molar-refractivity contribution in [3.8, 4) is 0 Å². The highest BCUT2D eigenvalue weighted by Gasteiger charge is 2.58. The van der Waals surface area contributed by atoms with Crippen molar-refractivity contribution in [3.05, 3.63) is 0 Å². The highest BCUT2D eigenvalue weighted by Crippen LogP contribution is 2.41. The van der Waals surface area contributed by atoms with E-state index in [0.29, 0.717) is 13.1 Å². The Morgan fingerprint density at radius 2 is 1.56 bits per heavy atom. The summed E-state index contributed by atoms with van der Waals surface area (Å²) in [6.07, 6.45) is -11.8. The van der Waals surface area contributed by atoms with Crippen molar-refractivity contribution in [1.29, 1.82) is 0 Å². The van der Waals surface area contributed by atoms with Crippen molar-refractivity contribution in [2.45, 2.75) is 124 Å². The maximum Gasteiger partial charge on any atom is 0.186 e. The van der Waals surface area contributed by atoms with Gasteiger partial charge in [-0.1, -0.05) is 6.92 Å². The number of nitrogens with one attached hydrogen (secondary N) is 1. The fourth-order valence-corrected chi connectivity index (χ4v) is 5.97. The van der Waals surface area contributed by atoms with E-state index in [1.54, 1.807) is 0 Å². The van der Waals surface area contributed by atoms with E-state index in [-0.39, 0.29) is 25.7 Å². The Bertz CT molecular complexity index is 891. The van der Waals surface area contributed by atoms with Gasteiger partial charge >= 0.3 is 0 Å². The van der Waals surface area contributed by atoms with Gasteiger partial charge in [0.2, 0.25) is 0 Å². The first-order valence-electron chi connectivity index (χ1n) is 14.3. The predicted molar refractivity (Wildman–Crippen MR) is 141 cm³/mol. The van der Waals surface area contributed by atoms with Gasteiger partial charge in [0.1, 0.15) is 36.1 Å². The number of carbonyl (C=O) groups excluding carboxylic acids is 1. The van der Waals surface area contributed by atoms with Crippen LogP contribution in [0.5, 0.6) is 0 Å². The van der Waals surface area contributed by atoms with Crippen LogP contribution in [0.4, 0.5) is 0 Å². The molecule has 16 atom stereocenters. The van der Waals surface area contributed by atoms with Gasteiger partial charge < -0.3 is 77.8 Å². The molecule has 15 N–H and O–H groups in total. The molecule has 2 saturated heterocycles. The molecule has 2 aliphatic carbocycles. The smallest absolute Gasteiger partial charge is 0.186 e. The molecule has 4 rings (SSSR count). The number of ketones is 1. The van der Waals surface area contributed by atoms with E-state index < -0.39 is 109 Å². The third-order valence-electron chi connectivity index (χ3n) is 8.77. The summed E-state index contributed by atoms with van der Waals surface area (Å²) < 4.78 is 23.6. The largest absolute Gasteiger partial charge is 0.394 e. The monoisotopic (exact) mass is 593 g/mol. The first-order valence-corrected chi connectivity index (χ1v) is 14.3. The van der Waals surface area contributed by atoms with Crippen molar-refractivity contribution in [3.63, 3.8) is 0 Å². The van der Waals surface area contributed by atoms with E-state index >= 15 is 0 Å². The average Bonchev–Trinajstić information content (AvgIpc) is 3.56. The molecule has 41 heavy (non-hydrogen) atoms. The highest BCUT2D eigenvalue weighted by molar-refractivity contribution is 5.91. The van der Waals surface area contributed by atoms with Crippen LogP contribution in [0.2, 0.25) is 0 Å². The van der Waals surface area contributed by atoms with Crippen LogP contribution in [0.15, 0.2) is 0 Å². The lowest BCUT2D eigenvalue weighted by molar-refractivity contribution is -0.320. The molecule has 0 radical (unpaired) electrons. The molecule has 4 aliphatic rings. The van der Waals surface area contributed by atoms with Crippen molar-refractivity contribution >= 4 is 5.78 Å². The molecule has 4 fully saturated rings. The quantitative estimate of drug-likeness (QED) is 0.106. The maximum atomic E-state index is 12.9. The molecule has 0 spiro atoms. The molecule has 0 aromatic carbocycles. The zero-order valence-corrected chi connectivity index (χ0v) is 23.1. The summed E-state index contributed by atoms with van der Waals surface area (Å²) in [4.78, 5) is 12.9. The molecule has 2 aliphatic heterocycles. The number of likely N-dealkylation sites (N-methyl/N-ethyl adjacent to an activating group) is 1. The number of Topliss-reactive ketones (excluding diaryl/α,β-unsaturated/α-hetero) is 1. The summed E-state index contributed by atoms with van der Waals surface area (Å²) in [6.45, 7) is 2.30. The number of aliphatic hydroxyl groups is 6. The van der Waals surface area contributed by atoms with Crippen LogP contribution in [-0.4, -0.2) is 147 Å². The number of ether oxygens (including phenoxy) is 4. The van der Waals surface area contributed by atoms with Crippen LogP contribution in [0.3, 0.4) is 0 Å². The fourth-order valence-electron chi connectivity index (χ4n) is 5.97. The second-order valence-electron chi connectivity index (χ2n) is 11.8. The van der Waals surface area contributed by atoms with Gasteiger partial charge in [0, 0.05) is 31.5 Å². The summed E-state index contributed by atoms with van der Waals surface area (Å²) in [5, 5.41) is 66.0. The molecule has 0 aromatic rings. The minimum atomic E-state index is -1.67. The number of nitrogens with two attached hydrogens (primary N) is 4. The van der Waals surface area contributed by atoms with Gasteiger partial charge in [-0.05, 0) is 25.3 Å². The number of carbonyl (C=O) groups is 1. The standard InChI is InChI=1S/C25H47N5O11/c1-2-30-7-13-12(32)5-11(27)23(38-13)41-22-10(26)3-9(4-16(33)25(37)6-15(25)28)21(20(22)36)40-24-19(35)17(29)18(34)14(8-31)39-24/h9-15,17-24,30-32,34-37H,2-8,26-29H2,1H3/t9-,10-,11+,12-,13+,14+,15?,17-,18+,19+,20+,21-,22+,23+,24+,25?/m0/s1. The van der Waals surface area contributed by atoms with E-state index in [2.05, 4.69) is 5.32 Å². The number of hydrogen-bond donors (Lipinski definition) is 11. The van der Waals surface area contributed by atoms with E-state index in [0.717, 1.165) is 0 Å². The molecular formula is C25H47N5O11. The second-order valence-corrected chi connectivity index (χ2v) is 11.8. The van der Waals surface area contributed by atoms with Gasteiger partial charge in [0.05, 0.1) is 37.0 Å². The summed E-state index contributed by atoms with van der Waals surface area (Å²) in [6, 6.07) is -3.50. The molecule has 16 nitrogen and oxygen atoms in total. The van der Waals surface area contributed by atoms with Crippen LogP contribution in [-0.2, 0) is 23.7 Å². The van der Waals surface area contributed by atoms with Crippen LogP contribution in [0, 0.1) is 5.92 Å². The lowest BCUT2D eigenvalue weighted by atomic mass is 9.76. The molecule has 2 heterocycles. The molecule has 238 valence electrons. The van der Waals surface area contributed by atoms with Crippen molar-refractivity contribution in [2.24, 2.45) is 28.9 Å². The number of rotatable bonds is 11. The fraction of sp³-hybridized carbons (Fsp3) is 0.960. The third kappa shape index (κ3) is 6.92. The molecule has 2 unspecified atom stereocenters. The Hall–Kier alpha value is -0.930. The minimum absolute atomic E-state index is 0.0930. The summed E-state index contributed by atoms with van der Waals surface area (Å²) >= 11 is 0. The Morgan fingerprint density at radius 1 is 0.927 bits per heavy atom. The van der Waals surface area contributed by atoms with Gasteiger partial charge in [0.25, 0.3) is 0 Å². The average molecular weight is 594 g/mol. The normalized spacial score (nSPS) is 50.5. The molecule has 0 aromatic heterocycles. The van der Waals surface area contributed by atoms with Crippen molar-refractivity contribution in [1.82, 2.24) is 5.32 Å². The molecular weight excluding hydrogens is 546 g/mol. The lowest BCUT2D eigenvalue weighted by Crippen LogP contribution is -2.66. The Morgan fingerprint density at radius 3 is 2.17 bits per heavy atom. The Kier molecular flexibility index (Phi) is 10.8. The van der Waals surface area contributed by atoms with Gasteiger partial charge in [-0.2, -0.15) is 0 Å². The van der Waals surface area contributed by atoms with Gasteiger partial charge in [-0.3, -0.25) is 4.79 Å². The van der Waals surface area contributed by atoms with Crippen molar-refractivity contribution in [2.75, 3.05) is 19.7 Å². The van der Waals surface area contributed by atoms with Gasteiger partial charge in [0.15, 0.2) is 18.4 Å². The van der Waals surface area contributed by atoms with E-state index in [9.17, 15) is 35.4 Å². The molecule has 2 saturated carbocycles. The molecule has 16 heteroatoms. The Balaban J connectivity index is 1.53. The van der Waals surface area contributed by atoms with E-state index in [1.165, 1.54) is 0 Å². The third-order valence-corrected chi connectivity index (χ3v) is 8.77. The first-order chi connectivity index (χ1) is 19.3. The predicted octanol–water partition coefficient (Wildman–Crippen LogP) is -5.93. The SMILES string of the molecule is CCNC[C@H]1O[C@H](O[C@H]2[C@H](O)[C@@H](O[C@H]3O[C@H](CO)[C@@H](O)[C@H](N)[C@H]3O)[C@H](CC(=O)C3(O)CC3N)C[C@@H]2N)[C@H](N)C[C@@H]1O. The molecule has 0 amide bonds. The number of aliphatic hydroxyl groups excluding tert-OH is 5. The zero-order valence-electron chi connectivity index (χ0n) is 23.1. The second kappa shape index (κ2) is 13.4. The summed E-state index contributed by atoms with van der Waals surface area (Å²) in [5.74, 6) is -1.30. The topological polar surface area (TPSA) is 291 Å². The highest BCUT2D eigenvalue weighted by atomic mass is 16.7.